The van der Waals surface area contributed by atoms with Crippen molar-refractivity contribution >= 4 is 0 Å². The van der Waals surface area contributed by atoms with E-state index in [0.29, 0.717) is 23.8 Å². The lowest BCUT2D eigenvalue weighted by Gasteiger charge is -2.41. The van der Waals surface area contributed by atoms with Gasteiger partial charge in [-0.05, 0) is 53.1 Å². The van der Waals surface area contributed by atoms with Crippen molar-refractivity contribution in [3.8, 4) is 17.2 Å². The fraction of sp³-hybridized carbons (Fsp3) is 0.560. The van der Waals surface area contributed by atoms with E-state index in [-0.39, 0.29) is 6.04 Å². The Kier molecular flexibility index (Phi) is 7.19. The molecule has 1 atom stereocenters. The molecule has 0 amide bonds. The van der Waals surface area contributed by atoms with Gasteiger partial charge in [0.25, 0.3) is 0 Å². The van der Waals surface area contributed by atoms with Gasteiger partial charge in [0.1, 0.15) is 12.3 Å². The summed E-state index contributed by atoms with van der Waals surface area (Å²) >= 11 is 0. The van der Waals surface area contributed by atoms with Gasteiger partial charge in [0, 0.05) is 32.2 Å². The first-order valence-electron chi connectivity index (χ1n) is 12.3. The standard InChI is InChI=1S/C25H34N6O4/c1-32-21-15-18(16-22(33-2)24(21)34-3)23(25-26-27-28-31(25)17-20-9-6-14-35-20)30-12-10-29(11-13-30)19-7-4-5-8-19/h6,9,14-16,19,23H,4-5,7-8,10-13,17H2,1-3H3. The van der Waals surface area contributed by atoms with Crippen LogP contribution in [0.25, 0.3) is 0 Å². The lowest BCUT2D eigenvalue weighted by atomic mass is 10.0. The Balaban J connectivity index is 1.50. The third-order valence-electron chi connectivity index (χ3n) is 7.25. The summed E-state index contributed by atoms with van der Waals surface area (Å²) in [4.78, 5) is 5.11. The van der Waals surface area contributed by atoms with Crippen LogP contribution in [0.3, 0.4) is 0 Å². The Morgan fingerprint density at radius 2 is 1.71 bits per heavy atom. The maximum atomic E-state index is 5.67. The van der Waals surface area contributed by atoms with E-state index in [4.69, 9.17) is 18.6 Å². The molecule has 1 saturated heterocycles. The van der Waals surface area contributed by atoms with Crippen LogP contribution in [-0.4, -0.2) is 83.6 Å². The zero-order valence-corrected chi connectivity index (χ0v) is 20.7. The van der Waals surface area contributed by atoms with Gasteiger partial charge in [-0.1, -0.05) is 12.8 Å². The Morgan fingerprint density at radius 1 is 1.00 bits per heavy atom. The number of rotatable bonds is 9. The van der Waals surface area contributed by atoms with E-state index in [1.807, 2.05) is 28.9 Å². The number of benzene rings is 1. The van der Waals surface area contributed by atoms with Crippen LogP contribution in [0.4, 0.5) is 0 Å². The summed E-state index contributed by atoms with van der Waals surface area (Å²) in [5.74, 6) is 3.35. The zero-order chi connectivity index (χ0) is 24.2. The Bertz CT molecular complexity index is 1060. The molecule has 0 N–H and O–H groups in total. The molecule has 188 valence electrons. The highest BCUT2D eigenvalue weighted by molar-refractivity contribution is 5.55. The first kappa shape index (κ1) is 23.6. The van der Waals surface area contributed by atoms with E-state index >= 15 is 0 Å². The first-order valence-corrected chi connectivity index (χ1v) is 12.3. The summed E-state index contributed by atoms with van der Waals surface area (Å²) in [5.41, 5.74) is 0.990. The van der Waals surface area contributed by atoms with Crippen LogP contribution in [0, 0.1) is 0 Å². The van der Waals surface area contributed by atoms with E-state index < -0.39 is 0 Å². The molecule has 2 aromatic heterocycles. The largest absolute Gasteiger partial charge is 0.493 e. The van der Waals surface area contributed by atoms with Gasteiger partial charge in [-0.2, -0.15) is 0 Å². The highest BCUT2D eigenvalue weighted by Crippen LogP contribution is 2.42. The van der Waals surface area contributed by atoms with E-state index in [1.54, 1.807) is 27.6 Å². The summed E-state index contributed by atoms with van der Waals surface area (Å²) in [6, 6.07) is 8.35. The molecule has 0 bridgehead atoms. The number of methoxy groups -OCH3 is 3. The number of aromatic nitrogens is 4. The fourth-order valence-electron chi connectivity index (χ4n) is 5.48. The van der Waals surface area contributed by atoms with Crippen LogP contribution in [0.2, 0.25) is 0 Å². The number of hydrogen-bond acceptors (Lipinski definition) is 9. The van der Waals surface area contributed by atoms with Crippen LogP contribution >= 0.6 is 0 Å². The van der Waals surface area contributed by atoms with Crippen molar-refractivity contribution in [2.24, 2.45) is 0 Å². The van der Waals surface area contributed by atoms with Gasteiger partial charge in [0.05, 0.1) is 33.6 Å². The molecule has 3 aromatic rings. The van der Waals surface area contributed by atoms with Crippen LogP contribution in [0.15, 0.2) is 34.9 Å². The zero-order valence-electron chi connectivity index (χ0n) is 20.7. The smallest absolute Gasteiger partial charge is 0.203 e. The summed E-state index contributed by atoms with van der Waals surface area (Å²) in [5, 5.41) is 12.8. The van der Waals surface area contributed by atoms with Crippen molar-refractivity contribution in [2.45, 2.75) is 44.3 Å². The van der Waals surface area contributed by atoms with Crippen molar-refractivity contribution in [1.29, 1.82) is 0 Å². The molecule has 2 aliphatic rings. The molecular formula is C25H34N6O4. The van der Waals surface area contributed by atoms with Crippen molar-refractivity contribution in [2.75, 3.05) is 47.5 Å². The summed E-state index contributed by atoms with van der Waals surface area (Å²) < 4.78 is 24.3. The lowest BCUT2D eigenvalue weighted by molar-refractivity contribution is 0.0769. The molecule has 35 heavy (non-hydrogen) atoms. The molecule has 0 radical (unpaired) electrons. The van der Waals surface area contributed by atoms with Crippen molar-refractivity contribution in [3.63, 3.8) is 0 Å². The molecule has 10 nitrogen and oxygen atoms in total. The van der Waals surface area contributed by atoms with Crippen LogP contribution in [0.1, 0.15) is 48.9 Å². The highest BCUT2D eigenvalue weighted by atomic mass is 16.5. The van der Waals surface area contributed by atoms with Crippen molar-refractivity contribution in [1.82, 2.24) is 30.0 Å². The molecule has 1 unspecified atom stereocenters. The minimum absolute atomic E-state index is 0.181. The minimum Gasteiger partial charge on any atom is -0.493 e. The van der Waals surface area contributed by atoms with Gasteiger partial charge in [0.2, 0.25) is 5.75 Å². The Hall–Kier alpha value is -3.11. The SMILES string of the molecule is COc1cc(C(c2nnnn2Cc2ccco2)N2CCN(C3CCCC3)CC2)cc(OC)c1OC. The average molecular weight is 483 g/mol. The van der Waals surface area contributed by atoms with Gasteiger partial charge >= 0.3 is 0 Å². The van der Waals surface area contributed by atoms with Gasteiger partial charge < -0.3 is 18.6 Å². The normalized spacial score (nSPS) is 18.6. The fourth-order valence-corrected chi connectivity index (χ4v) is 5.48. The molecule has 3 heterocycles. The van der Waals surface area contributed by atoms with E-state index in [1.165, 1.54) is 25.7 Å². The molecule has 1 aromatic carbocycles. The number of hydrogen-bond donors (Lipinski definition) is 0. The number of nitrogens with zero attached hydrogens (tertiary/aromatic N) is 6. The summed E-state index contributed by atoms with van der Waals surface area (Å²) in [6.45, 7) is 4.37. The monoisotopic (exact) mass is 482 g/mol. The maximum absolute atomic E-state index is 5.67. The number of piperazine rings is 1. The van der Waals surface area contributed by atoms with E-state index in [2.05, 4.69) is 25.3 Å². The minimum atomic E-state index is -0.181. The number of furan rings is 1. The molecule has 1 saturated carbocycles. The van der Waals surface area contributed by atoms with Gasteiger partial charge in [-0.3, -0.25) is 9.80 Å². The first-order chi connectivity index (χ1) is 17.2. The van der Waals surface area contributed by atoms with Crippen LogP contribution in [-0.2, 0) is 6.54 Å². The quantitative estimate of drug-likeness (QED) is 0.456. The second-order valence-electron chi connectivity index (χ2n) is 9.15. The average Bonchev–Trinajstić information content (AvgIpc) is 3.68. The number of ether oxygens (including phenoxy) is 3. The molecule has 1 aliphatic heterocycles. The van der Waals surface area contributed by atoms with Crippen LogP contribution in [0.5, 0.6) is 17.2 Å². The molecule has 2 fully saturated rings. The van der Waals surface area contributed by atoms with Crippen LogP contribution < -0.4 is 14.2 Å². The topological polar surface area (TPSA) is 90.9 Å². The van der Waals surface area contributed by atoms with Gasteiger partial charge in [-0.25, -0.2) is 4.68 Å². The van der Waals surface area contributed by atoms with Crippen molar-refractivity contribution in [3.05, 3.63) is 47.7 Å². The highest BCUT2D eigenvalue weighted by Gasteiger charge is 2.34. The molecular weight excluding hydrogens is 448 g/mol. The van der Waals surface area contributed by atoms with E-state index in [9.17, 15) is 0 Å². The second kappa shape index (κ2) is 10.7. The third-order valence-corrected chi connectivity index (χ3v) is 7.25. The van der Waals surface area contributed by atoms with Gasteiger partial charge in [-0.15, -0.1) is 5.10 Å². The van der Waals surface area contributed by atoms with Crippen molar-refractivity contribution < 1.29 is 18.6 Å². The number of tetrazole rings is 1. The Morgan fingerprint density at radius 3 is 2.31 bits per heavy atom. The molecule has 5 rings (SSSR count). The second-order valence-corrected chi connectivity index (χ2v) is 9.15. The van der Waals surface area contributed by atoms with E-state index in [0.717, 1.165) is 49.4 Å². The molecule has 1 aliphatic carbocycles. The lowest BCUT2D eigenvalue weighted by Crippen LogP contribution is -2.51. The Labute approximate surface area is 205 Å². The molecule has 0 spiro atoms. The van der Waals surface area contributed by atoms with Gasteiger partial charge in [0.15, 0.2) is 17.3 Å². The summed E-state index contributed by atoms with van der Waals surface area (Å²) in [7, 11) is 4.89. The third kappa shape index (κ3) is 4.85. The predicted molar refractivity (Wildman–Crippen MR) is 129 cm³/mol. The summed E-state index contributed by atoms with van der Waals surface area (Å²) in [6.07, 6.45) is 6.99. The predicted octanol–water partition coefficient (Wildman–Crippen LogP) is 2.99. The maximum Gasteiger partial charge on any atom is 0.203 e. The molecule has 10 heteroatoms.